The maximum atomic E-state index is 14.4. The summed E-state index contributed by atoms with van der Waals surface area (Å²) in [5.41, 5.74) is 1.26. The first-order valence-electron chi connectivity index (χ1n) is 13.8. The molecule has 0 saturated carbocycles. The summed E-state index contributed by atoms with van der Waals surface area (Å²) in [6.45, 7) is 9.28. The lowest BCUT2D eigenvalue weighted by molar-refractivity contribution is -0.161. The molecular formula is C31H38N2O6. The molecule has 2 aromatic rings. The summed E-state index contributed by atoms with van der Waals surface area (Å²) >= 11 is 0. The maximum Gasteiger partial charge on any atom is 0.312 e. The van der Waals surface area contributed by atoms with Crippen molar-refractivity contribution in [2.45, 2.75) is 70.7 Å². The van der Waals surface area contributed by atoms with Gasteiger partial charge in [-0.3, -0.25) is 14.4 Å². The van der Waals surface area contributed by atoms with Crippen molar-refractivity contribution < 1.29 is 29.0 Å². The Morgan fingerprint density at radius 3 is 2.44 bits per heavy atom. The van der Waals surface area contributed by atoms with Crippen LogP contribution in [0.1, 0.15) is 43.9 Å². The summed E-state index contributed by atoms with van der Waals surface area (Å²) in [7, 11) is 0. The molecule has 3 fully saturated rings. The number of esters is 1. The quantitative estimate of drug-likeness (QED) is 0.503. The van der Waals surface area contributed by atoms with Gasteiger partial charge in [-0.15, -0.1) is 0 Å². The van der Waals surface area contributed by atoms with E-state index in [0.29, 0.717) is 18.5 Å². The number of nitrogens with one attached hydrogen (secondary N) is 1. The van der Waals surface area contributed by atoms with E-state index in [0.717, 1.165) is 16.7 Å². The van der Waals surface area contributed by atoms with Gasteiger partial charge in [-0.05, 0) is 63.1 Å². The fraction of sp³-hybridized carbons (Fsp3) is 0.516. The SMILES string of the molecule is CCOC(=O)[C@H]1[C@H]2C(=O)N([C@@H](CO)Cc3ccccc3)C(C(=O)Nc3c(C)cccc3C)C23CC(C)[C@]1(C)O3. The first kappa shape index (κ1) is 27.3. The molecular weight excluding hydrogens is 496 g/mol. The van der Waals surface area contributed by atoms with Crippen LogP contribution in [0.2, 0.25) is 0 Å². The number of hydrogen-bond acceptors (Lipinski definition) is 6. The van der Waals surface area contributed by atoms with Crippen LogP contribution in [0.25, 0.3) is 0 Å². The number of rotatable bonds is 8. The Labute approximate surface area is 229 Å². The molecule has 2 N–H and O–H groups in total. The Bertz CT molecular complexity index is 1260. The summed E-state index contributed by atoms with van der Waals surface area (Å²) in [4.78, 5) is 43.5. The Kier molecular flexibility index (Phi) is 7.06. The molecule has 7 atom stereocenters. The lowest BCUT2D eigenvalue weighted by Crippen LogP contribution is -2.57. The van der Waals surface area contributed by atoms with E-state index < -0.39 is 41.1 Å². The Morgan fingerprint density at radius 1 is 1.15 bits per heavy atom. The molecule has 0 aromatic heterocycles. The van der Waals surface area contributed by atoms with E-state index >= 15 is 0 Å². The molecule has 2 amide bonds. The van der Waals surface area contributed by atoms with Gasteiger partial charge >= 0.3 is 5.97 Å². The highest BCUT2D eigenvalue weighted by Crippen LogP contribution is 2.65. The van der Waals surface area contributed by atoms with Crippen molar-refractivity contribution in [1.29, 1.82) is 0 Å². The number of benzene rings is 2. The van der Waals surface area contributed by atoms with Gasteiger partial charge in [-0.2, -0.15) is 0 Å². The van der Waals surface area contributed by atoms with Gasteiger partial charge in [0.15, 0.2) is 0 Å². The van der Waals surface area contributed by atoms with E-state index in [1.807, 2.05) is 76.2 Å². The Morgan fingerprint density at radius 2 is 1.82 bits per heavy atom. The number of aliphatic hydroxyl groups is 1. The highest BCUT2D eigenvalue weighted by molar-refractivity contribution is 6.04. The molecule has 1 spiro atoms. The van der Waals surface area contributed by atoms with E-state index in [2.05, 4.69) is 5.32 Å². The lowest BCUT2D eigenvalue weighted by atomic mass is 9.62. The van der Waals surface area contributed by atoms with Crippen LogP contribution in [0.4, 0.5) is 5.69 Å². The zero-order chi connectivity index (χ0) is 28.1. The molecule has 3 saturated heterocycles. The minimum atomic E-state index is -1.21. The molecule has 2 aromatic carbocycles. The van der Waals surface area contributed by atoms with Gasteiger partial charge in [0.25, 0.3) is 0 Å². The molecule has 5 rings (SSSR count). The van der Waals surface area contributed by atoms with Gasteiger partial charge in [0, 0.05) is 5.69 Å². The van der Waals surface area contributed by atoms with Crippen LogP contribution in [0.15, 0.2) is 48.5 Å². The number of carbonyl (C=O) groups is 3. The number of carbonyl (C=O) groups excluding carboxylic acids is 3. The van der Waals surface area contributed by atoms with Crippen molar-refractivity contribution in [1.82, 2.24) is 4.90 Å². The van der Waals surface area contributed by atoms with Gasteiger partial charge in [0.05, 0.1) is 30.8 Å². The van der Waals surface area contributed by atoms with E-state index in [-0.39, 0.29) is 30.9 Å². The normalized spacial score (nSPS) is 31.7. The molecule has 3 heterocycles. The number of nitrogens with zero attached hydrogens (tertiary/aromatic N) is 1. The number of fused-ring (bicyclic) bond motifs is 1. The predicted octanol–water partition coefficient (Wildman–Crippen LogP) is 3.42. The molecule has 39 heavy (non-hydrogen) atoms. The highest BCUT2D eigenvalue weighted by atomic mass is 16.6. The van der Waals surface area contributed by atoms with Crippen LogP contribution in [0.5, 0.6) is 0 Å². The summed E-state index contributed by atoms with van der Waals surface area (Å²) in [5.74, 6) is -3.02. The second kappa shape index (κ2) is 10.1. The van der Waals surface area contributed by atoms with Gasteiger partial charge in [0.2, 0.25) is 11.8 Å². The molecule has 3 aliphatic rings. The zero-order valence-electron chi connectivity index (χ0n) is 23.3. The number of likely N-dealkylation sites (tertiary alicyclic amines) is 1. The third-order valence-electron chi connectivity index (χ3n) is 9.19. The Balaban J connectivity index is 1.61. The first-order chi connectivity index (χ1) is 18.6. The van der Waals surface area contributed by atoms with Gasteiger partial charge in [-0.25, -0.2) is 0 Å². The summed E-state index contributed by atoms with van der Waals surface area (Å²) in [5, 5.41) is 13.7. The molecule has 0 radical (unpaired) electrons. The minimum Gasteiger partial charge on any atom is -0.466 e. The molecule has 2 bridgehead atoms. The number of para-hydroxylation sites is 1. The van der Waals surface area contributed by atoms with Crippen molar-refractivity contribution in [2.75, 3.05) is 18.5 Å². The standard InChI is InChI=1S/C31H38N2O6/c1-6-38-29(37)24-23-28(36)33(22(17-34)15-21-13-8-7-9-14-21)26(31(23)16-20(4)30(24,5)39-31)27(35)32-25-18(2)11-10-12-19(25)3/h7-14,20,22-24,26,34H,6,15-17H2,1-5H3,(H,32,35)/t20?,22-,23+,24-,26?,30+,31?/m1/s1. The largest absolute Gasteiger partial charge is 0.466 e. The van der Waals surface area contributed by atoms with Crippen molar-refractivity contribution in [2.24, 2.45) is 17.8 Å². The fourth-order valence-electron chi connectivity index (χ4n) is 7.30. The summed E-state index contributed by atoms with van der Waals surface area (Å²) in [6.07, 6.45) is 0.802. The van der Waals surface area contributed by atoms with E-state index in [1.54, 1.807) is 6.92 Å². The summed E-state index contributed by atoms with van der Waals surface area (Å²) in [6, 6.07) is 13.6. The fourth-order valence-corrected chi connectivity index (χ4v) is 7.30. The van der Waals surface area contributed by atoms with Crippen LogP contribution >= 0.6 is 0 Å². The maximum absolute atomic E-state index is 14.4. The highest BCUT2D eigenvalue weighted by Gasteiger charge is 2.80. The number of amides is 2. The van der Waals surface area contributed by atoms with Crippen LogP contribution in [0, 0.1) is 31.6 Å². The zero-order valence-corrected chi connectivity index (χ0v) is 23.3. The number of hydrogen-bond donors (Lipinski definition) is 2. The van der Waals surface area contributed by atoms with Crippen molar-refractivity contribution in [3.63, 3.8) is 0 Å². The van der Waals surface area contributed by atoms with Gasteiger partial charge in [-0.1, -0.05) is 55.5 Å². The van der Waals surface area contributed by atoms with E-state index in [9.17, 15) is 19.5 Å². The lowest BCUT2D eigenvalue weighted by Gasteiger charge is -2.37. The molecule has 208 valence electrons. The molecule has 3 unspecified atom stereocenters. The monoisotopic (exact) mass is 534 g/mol. The minimum absolute atomic E-state index is 0.0897. The van der Waals surface area contributed by atoms with Gasteiger partial charge in [0.1, 0.15) is 17.6 Å². The Hall–Kier alpha value is -3.23. The van der Waals surface area contributed by atoms with Crippen molar-refractivity contribution in [3.05, 3.63) is 65.2 Å². The van der Waals surface area contributed by atoms with Crippen molar-refractivity contribution in [3.8, 4) is 0 Å². The van der Waals surface area contributed by atoms with Crippen molar-refractivity contribution >= 4 is 23.5 Å². The smallest absolute Gasteiger partial charge is 0.312 e. The first-order valence-corrected chi connectivity index (χ1v) is 13.8. The van der Waals surface area contributed by atoms with Gasteiger partial charge < -0.3 is 24.8 Å². The van der Waals surface area contributed by atoms with Crippen LogP contribution < -0.4 is 5.32 Å². The third kappa shape index (κ3) is 4.16. The number of aliphatic hydroxyl groups excluding tert-OH is 1. The molecule has 8 heteroatoms. The average Bonchev–Trinajstić information content (AvgIpc) is 3.42. The number of aryl methyl sites for hydroxylation is 2. The second-order valence-corrected chi connectivity index (χ2v) is 11.5. The summed E-state index contributed by atoms with van der Waals surface area (Å²) < 4.78 is 12.2. The average molecular weight is 535 g/mol. The second-order valence-electron chi connectivity index (χ2n) is 11.5. The van der Waals surface area contributed by atoms with Crippen LogP contribution in [-0.4, -0.2) is 64.3 Å². The predicted molar refractivity (Wildman–Crippen MR) is 146 cm³/mol. The number of anilines is 1. The number of ether oxygens (including phenoxy) is 2. The molecule has 3 aliphatic heterocycles. The topological polar surface area (TPSA) is 105 Å². The van der Waals surface area contributed by atoms with E-state index in [4.69, 9.17) is 9.47 Å². The van der Waals surface area contributed by atoms with Crippen LogP contribution in [0.3, 0.4) is 0 Å². The van der Waals surface area contributed by atoms with E-state index in [1.165, 1.54) is 4.90 Å². The molecule has 0 aliphatic carbocycles. The van der Waals surface area contributed by atoms with Crippen LogP contribution in [-0.2, 0) is 30.3 Å². The third-order valence-corrected chi connectivity index (χ3v) is 9.19. The molecule has 8 nitrogen and oxygen atoms in total.